The molecule has 5 heteroatoms. The van der Waals surface area contributed by atoms with Gasteiger partial charge in [-0.2, -0.15) is 0 Å². The smallest absolute Gasteiger partial charge is 0.243 e. The summed E-state index contributed by atoms with van der Waals surface area (Å²) < 4.78 is 5.95. The van der Waals surface area contributed by atoms with Crippen molar-refractivity contribution in [2.24, 2.45) is 40.4 Å². The molecule has 0 aromatic heterocycles. The molecule has 9 atom stereocenters. The van der Waals surface area contributed by atoms with Crippen molar-refractivity contribution < 1.29 is 24.5 Å². The molecule has 1 unspecified atom stereocenters. The fraction of sp³-hybridized carbons (Fsp3) is 0.900. The molecule has 1 heterocycles. The number of hydrogen-bond acceptors (Lipinski definition) is 5. The zero-order valence-corrected chi connectivity index (χ0v) is 15.6. The highest BCUT2D eigenvalue weighted by Crippen LogP contribution is 2.81. The van der Waals surface area contributed by atoms with Crippen molar-refractivity contribution >= 4 is 11.6 Å². The minimum atomic E-state index is -2.22. The summed E-state index contributed by atoms with van der Waals surface area (Å²) in [4.78, 5) is 27.6. The van der Waals surface area contributed by atoms with Gasteiger partial charge in [0.1, 0.15) is 5.60 Å². The lowest BCUT2D eigenvalue weighted by Crippen LogP contribution is -2.78. The van der Waals surface area contributed by atoms with Crippen molar-refractivity contribution in [2.45, 2.75) is 70.9 Å². The lowest BCUT2D eigenvalue weighted by Gasteiger charge is -2.60. The van der Waals surface area contributed by atoms with Gasteiger partial charge in [-0.3, -0.25) is 9.59 Å². The van der Waals surface area contributed by atoms with Crippen LogP contribution in [0.2, 0.25) is 0 Å². The lowest BCUT2D eigenvalue weighted by molar-refractivity contribution is -0.283. The molecule has 0 amide bonds. The van der Waals surface area contributed by atoms with E-state index in [4.69, 9.17) is 4.74 Å². The highest BCUT2D eigenvalue weighted by atomic mass is 16.7. The summed E-state index contributed by atoms with van der Waals surface area (Å²) in [5.74, 6) is -3.43. The molecule has 1 aliphatic heterocycles. The van der Waals surface area contributed by atoms with Crippen molar-refractivity contribution in [1.29, 1.82) is 0 Å². The van der Waals surface area contributed by atoms with Crippen LogP contribution >= 0.6 is 0 Å². The molecule has 0 aromatic carbocycles. The van der Waals surface area contributed by atoms with Crippen LogP contribution in [0.1, 0.15) is 53.9 Å². The Morgan fingerprint density at radius 3 is 2.28 bits per heavy atom. The SMILES string of the molecule is C[C@H]1C[C@H]2[C@@H]3C(C)(C)O[C@]4(O)C(=O)[C@]5(O)[C@@H](C)CC[C@H]1C25C(=O)[C@]34C. The standard InChI is InChI=1S/C20H28O5/c1-9-8-12-13-16(3,4)25-20(24)15(22)19(23)10(2)6-7-11(9)18(12,19)14(21)17(13,20)5/h9-13,23-24H,6-8H2,1-5H3/t9-,10-,11+,12-,13+,17-,18?,19+,20+/m0/s1. The summed E-state index contributed by atoms with van der Waals surface area (Å²) in [5, 5.41) is 23.2. The first kappa shape index (κ1) is 16.4. The third kappa shape index (κ3) is 1.18. The summed E-state index contributed by atoms with van der Waals surface area (Å²) >= 11 is 0. The number of Topliss-reactive ketones (excluding diaryl/α,β-unsaturated/α-hetero) is 2. The van der Waals surface area contributed by atoms with Crippen LogP contribution in [-0.4, -0.2) is 38.8 Å². The molecular weight excluding hydrogens is 320 g/mol. The normalized spacial score (nSPS) is 63.9. The number of carbonyl (C=O) groups excluding carboxylic acids is 2. The van der Waals surface area contributed by atoms with Crippen LogP contribution in [0, 0.1) is 40.4 Å². The second kappa shape index (κ2) is 3.90. The van der Waals surface area contributed by atoms with Crippen molar-refractivity contribution in [3.05, 3.63) is 0 Å². The van der Waals surface area contributed by atoms with E-state index in [9.17, 15) is 19.8 Å². The molecule has 2 bridgehead atoms. The molecule has 5 nitrogen and oxygen atoms in total. The van der Waals surface area contributed by atoms with E-state index in [0.29, 0.717) is 6.42 Å². The molecule has 5 rings (SSSR count). The van der Waals surface area contributed by atoms with Crippen molar-refractivity contribution in [1.82, 2.24) is 0 Å². The quantitative estimate of drug-likeness (QED) is 0.696. The van der Waals surface area contributed by atoms with E-state index in [2.05, 4.69) is 6.92 Å². The molecule has 0 radical (unpaired) electrons. The van der Waals surface area contributed by atoms with Gasteiger partial charge in [-0.1, -0.05) is 13.8 Å². The van der Waals surface area contributed by atoms with Crippen LogP contribution in [0.5, 0.6) is 0 Å². The Balaban J connectivity index is 1.91. The number of ether oxygens (including phenoxy) is 1. The van der Waals surface area contributed by atoms with Crippen LogP contribution in [-0.2, 0) is 14.3 Å². The molecule has 1 saturated heterocycles. The lowest BCUT2D eigenvalue weighted by atomic mass is 9.45. The summed E-state index contributed by atoms with van der Waals surface area (Å²) in [6.07, 6.45) is 2.37. The van der Waals surface area contributed by atoms with Gasteiger partial charge in [0, 0.05) is 5.92 Å². The third-order valence-electron chi connectivity index (χ3n) is 9.13. The Morgan fingerprint density at radius 2 is 1.64 bits per heavy atom. The highest BCUT2D eigenvalue weighted by molar-refractivity contribution is 6.13. The van der Waals surface area contributed by atoms with Gasteiger partial charge in [0.05, 0.1) is 16.4 Å². The molecular formula is C20H28O5. The number of ketones is 2. The molecule has 4 saturated carbocycles. The average molecular weight is 348 g/mol. The van der Waals surface area contributed by atoms with Gasteiger partial charge >= 0.3 is 0 Å². The van der Waals surface area contributed by atoms with E-state index in [0.717, 1.165) is 12.8 Å². The predicted octanol–water partition coefficient (Wildman–Crippen LogP) is 1.69. The van der Waals surface area contributed by atoms with Gasteiger partial charge < -0.3 is 14.9 Å². The molecule has 0 aromatic rings. The maximum atomic E-state index is 14.0. The first-order valence-electron chi connectivity index (χ1n) is 9.66. The van der Waals surface area contributed by atoms with Gasteiger partial charge in [-0.15, -0.1) is 0 Å². The Hall–Kier alpha value is -0.780. The molecule has 138 valence electrons. The number of hydrogen-bond donors (Lipinski definition) is 2. The van der Waals surface area contributed by atoms with E-state index in [-0.39, 0.29) is 35.4 Å². The van der Waals surface area contributed by atoms with E-state index in [1.54, 1.807) is 6.92 Å². The molecule has 25 heavy (non-hydrogen) atoms. The van der Waals surface area contributed by atoms with Crippen molar-refractivity contribution in [3.8, 4) is 0 Å². The van der Waals surface area contributed by atoms with Gasteiger partial charge in [-0.25, -0.2) is 0 Å². The summed E-state index contributed by atoms with van der Waals surface area (Å²) in [5.41, 5.74) is -4.91. The van der Waals surface area contributed by atoms with E-state index in [1.165, 1.54) is 0 Å². The first-order valence-corrected chi connectivity index (χ1v) is 9.66. The number of rotatable bonds is 0. The van der Waals surface area contributed by atoms with E-state index < -0.39 is 33.6 Å². The minimum Gasteiger partial charge on any atom is -0.380 e. The fourth-order valence-corrected chi connectivity index (χ4v) is 8.53. The molecule has 2 N–H and O–H groups in total. The van der Waals surface area contributed by atoms with E-state index >= 15 is 0 Å². The fourth-order valence-electron chi connectivity index (χ4n) is 8.53. The van der Waals surface area contributed by atoms with Crippen molar-refractivity contribution in [3.63, 3.8) is 0 Å². The molecule has 5 fully saturated rings. The second-order valence-corrected chi connectivity index (χ2v) is 10.2. The molecule has 5 aliphatic rings. The van der Waals surface area contributed by atoms with Gasteiger partial charge in [0.15, 0.2) is 5.78 Å². The number of aliphatic hydroxyl groups is 2. The highest BCUT2D eigenvalue weighted by Gasteiger charge is 2.94. The summed E-state index contributed by atoms with van der Waals surface area (Å²) in [7, 11) is 0. The maximum Gasteiger partial charge on any atom is 0.243 e. The Morgan fingerprint density at radius 1 is 1.00 bits per heavy atom. The largest absolute Gasteiger partial charge is 0.380 e. The summed E-state index contributed by atoms with van der Waals surface area (Å²) in [6, 6.07) is 0. The van der Waals surface area contributed by atoms with Crippen LogP contribution < -0.4 is 0 Å². The third-order valence-corrected chi connectivity index (χ3v) is 9.13. The number of carbonyl (C=O) groups is 2. The predicted molar refractivity (Wildman–Crippen MR) is 88.3 cm³/mol. The monoisotopic (exact) mass is 348 g/mol. The van der Waals surface area contributed by atoms with Crippen LogP contribution in [0.4, 0.5) is 0 Å². The molecule has 1 spiro atoms. The zero-order chi connectivity index (χ0) is 18.4. The Kier molecular flexibility index (Phi) is 2.56. The second-order valence-electron chi connectivity index (χ2n) is 10.2. The first-order chi connectivity index (χ1) is 11.4. The number of fused-ring (bicyclic) bond motifs is 1. The molecule has 4 aliphatic carbocycles. The zero-order valence-electron chi connectivity index (χ0n) is 15.6. The van der Waals surface area contributed by atoms with Gasteiger partial charge in [0.2, 0.25) is 11.6 Å². The topological polar surface area (TPSA) is 83.8 Å². The van der Waals surface area contributed by atoms with Gasteiger partial charge in [0.25, 0.3) is 0 Å². The van der Waals surface area contributed by atoms with Crippen LogP contribution in [0.15, 0.2) is 0 Å². The Labute approximate surface area is 148 Å². The Bertz CT molecular complexity index is 730. The minimum absolute atomic E-state index is 0.0120. The van der Waals surface area contributed by atoms with Gasteiger partial charge in [-0.05, 0) is 63.7 Å². The average Bonchev–Trinajstić information content (AvgIpc) is 2.96. The summed E-state index contributed by atoms with van der Waals surface area (Å²) in [6.45, 7) is 9.46. The maximum absolute atomic E-state index is 14.0. The van der Waals surface area contributed by atoms with Crippen LogP contribution in [0.25, 0.3) is 0 Å². The van der Waals surface area contributed by atoms with Crippen molar-refractivity contribution in [2.75, 3.05) is 0 Å². The van der Waals surface area contributed by atoms with E-state index in [1.807, 2.05) is 20.8 Å². The van der Waals surface area contributed by atoms with Crippen LogP contribution in [0.3, 0.4) is 0 Å².